The number of nitrogens with one attached hydrogen (secondary N) is 1. The summed E-state index contributed by atoms with van der Waals surface area (Å²) in [5, 5.41) is 21.1. The van der Waals surface area contributed by atoms with Gasteiger partial charge in [0.05, 0.1) is 12.7 Å². The zero-order valence-electron chi connectivity index (χ0n) is 10.3. The molecule has 96 valence electrons. The molecule has 0 aliphatic carbocycles. The number of furan rings is 1. The van der Waals surface area contributed by atoms with Gasteiger partial charge in [-0.15, -0.1) is 0 Å². The van der Waals surface area contributed by atoms with Crippen LogP contribution in [0.5, 0.6) is 0 Å². The Labute approximate surface area is 106 Å². The van der Waals surface area contributed by atoms with Gasteiger partial charge in [-0.25, -0.2) is 0 Å². The maximum Gasteiger partial charge on any atom is 0.134 e. The molecule has 0 aliphatic heterocycles. The summed E-state index contributed by atoms with van der Waals surface area (Å²) in [6.45, 7) is 1.98. The van der Waals surface area contributed by atoms with E-state index in [9.17, 15) is 5.11 Å². The first-order valence-electron chi connectivity index (χ1n) is 5.88. The lowest BCUT2D eigenvalue weighted by Gasteiger charge is -2.10. The molecule has 4 nitrogen and oxygen atoms in total. The van der Waals surface area contributed by atoms with Crippen LogP contribution in [0.4, 0.5) is 5.69 Å². The highest BCUT2D eigenvalue weighted by atomic mass is 16.3. The van der Waals surface area contributed by atoms with Crippen molar-refractivity contribution in [2.75, 3.05) is 18.5 Å². The van der Waals surface area contributed by atoms with E-state index in [1.54, 1.807) is 0 Å². The minimum atomic E-state index is -0.750. The first-order valence-corrected chi connectivity index (χ1v) is 5.88. The van der Waals surface area contributed by atoms with E-state index in [0.29, 0.717) is 6.54 Å². The van der Waals surface area contributed by atoms with Crippen molar-refractivity contribution in [3.63, 3.8) is 0 Å². The van der Waals surface area contributed by atoms with Gasteiger partial charge >= 0.3 is 0 Å². The third-order valence-electron chi connectivity index (χ3n) is 2.64. The van der Waals surface area contributed by atoms with Gasteiger partial charge in [0, 0.05) is 17.8 Å². The Bertz CT molecular complexity index is 507. The minimum Gasteiger partial charge on any atom is -0.461 e. The van der Waals surface area contributed by atoms with E-state index in [1.165, 1.54) is 0 Å². The molecular formula is C14H17NO3. The lowest BCUT2D eigenvalue weighted by molar-refractivity contribution is 0.105. The fourth-order valence-corrected chi connectivity index (χ4v) is 1.67. The highest BCUT2D eigenvalue weighted by molar-refractivity contribution is 5.64. The number of anilines is 1. The average Bonchev–Trinajstić information content (AvgIpc) is 2.83. The molecule has 0 amide bonds. The number of aliphatic hydroxyl groups is 2. The van der Waals surface area contributed by atoms with Crippen LogP contribution >= 0.6 is 0 Å². The Balaban J connectivity index is 2.10. The van der Waals surface area contributed by atoms with Gasteiger partial charge in [0.2, 0.25) is 0 Å². The average molecular weight is 247 g/mol. The van der Waals surface area contributed by atoms with Crippen LogP contribution < -0.4 is 5.32 Å². The number of aryl methyl sites for hydroxylation is 1. The molecule has 0 spiro atoms. The maximum atomic E-state index is 9.28. The van der Waals surface area contributed by atoms with E-state index in [-0.39, 0.29) is 6.61 Å². The van der Waals surface area contributed by atoms with Crippen LogP contribution in [0.25, 0.3) is 11.3 Å². The van der Waals surface area contributed by atoms with Gasteiger partial charge < -0.3 is 19.9 Å². The summed E-state index contributed by atoms with van der Waals surface area (Å²) in [7, 11) is 0. The van der Waals surface area contributed by atoms with Crippen molar-refractivity contribution in [3.05, 3.63) is 42.2 Å². The second kappa shape index (κ2) is 5.71. The molecule has 0 saturated carbocycles. The molecule has 0 radical (unpaired) electrons. The molecular weight excluding hydrogens is 230 g/mol. The summed E-state index contributed by atoms with van der Waals surface area (Å²) >= 11 is 0. The quantitative estimate of drug-likeness (QED) is 0.756. The van der Waals surface area contributed by atoms with E-state index in [0.717, 1.165) is 22.8 Å². The number of hydrogen-bond acceptors (Lipinski definition) is 4. The number of rotatable bonds is 5. The largest absolute Gasteiger partial charge is 0.461 e. The van der Waals surface area contributed by atoms with Crippen molar-refractivity contribution < 1.29 is 14.6 Å². The minimum absolute atomic E-state index is 0.246. The summed E-state index contributed by atoms with van der Waals surface area (Å²) in [5.41, 5.74) is 1.86. The molecule has 0 bridgehead atoms. The molecule has 4 heteroatoms. The fourth-order valence-electron chi connectivity index (χ4n) is 1.67. The molecule has 0 fully saturated rings. The second-order valence-electron chi connectivity index (χ2n) is 4.21. The lowest BCUT2D eigenvalue weighted by atomic mass is 10.1. The molecule has 1 unspecified atom stereocenters. The van der Waals surface area contributed by atoms with E-state index < -0.39 is 6.10 Å². The summed E-state index contributed by atoms with van der Waals surface area (Å²) in [6, 6.07) is 11.6. The van der Waals surface area contributed by atoms with Crippen molar-refractivity contribution in [2.24, 2.45) is 0 Å². The topological polar surface area (TPSA) is 65.6 Å². The molecule has 1 aromatic carbocycles. The van der Waals surface area contributed by atoms with Crippen LogP contribution in [0.3, 0.4) is 0 Å². The zero-order valence-corrected chi connectivity index (χ0v) is 10.3. The smallest absolute Gasteiger partial charge is 0.134 e. The van der Waals surface area contributed by atoms with Gasteiger partial charge in [0.15, 0.2) is 0 Å². The third-order valence-corrected chi connectivity index (χ3v) is 2.64. The van der Waals surface area contributed by atoms with Crippen molar-refractivity contribution in [3.8, 4) is 11.3 Å². The monoisotopic (exact) mass is 247 g/mol. The molecule has 3 N–H and O–H groups in total. The van der Waals surface area contributed by atoms with Crippen LogP contribution in [0.2, 0.25) is 0 Å². The predicted octanol–water partition coefficient (Wildman–Crippen LogP) is 2.02. The summed E-state index contributed by atoms with van der Waals surface area (Å²) in [6.07, 6.45) is -0.750. The van der Waals surface area contributed by atoms with Crippen LogP contribution in [0, 0.1) is 6.92 Å². The Morgan fingerprint density at radius 3 is 2.78 bits per heavy atom. The lowest BCUT2D eigenvalue weighted by Crippen LogP contribution is -2.22. The van der Waals surface area contributed by atoms with Crippen LogP contribution in [-0.2, 0) is 0 Å². The SMILES string of the molecule is Cc1ccc(-c2cccc(NCC(O)CO)c2)o1. The normalized spacial score (nSPS) is 12.4. The van der Waals surface area contributed by atoms with Crippen molar-refractivity contribution in [1.82, 2.24) is 0 Å². The van der Waals surface area contributed by atoms with Gasteiger partial charge in [0.1, 0.15) is 11.5 Å². The standard InChI is InChI=1S/C14H17NO3/c1-10-5-6-14(18-10)11-3-2-4-12(7-11)15-8-13(17)9-16/h2-7,13,15-17H,8-9H2,1H3. The Morgan fingerprint density at radius 1 is 1.28 bits per heavy atom. The van der Waals surface area contributed by atoms with E-state index in [2.05, 4.69) is 5.32 Å². The second-order valence-corrected chi connectivity index (χ2v) is 4.21. The number of hydrogen-bond donors (Lipinski definition) is 3. The molecule has 0 aliphatic rings. The summed E-state index contributed by atoms with van der Waals surface area (Å²) < 4.78 is 5.55. The highest BCUT2D eigenvalue weighted by Gasteiger charge is 2.05. The Hall–Kier alpha value is -1.78. The maximum absolute atomic E-state index is 9.28. The van der Waals surface area contributed by atoms with E-state index >= 15 is 0 Å². The molecule has 1 aromatic heterocycles. The molecule has 2 aromatic rings. The van der Waals surface area contributed by atoms with Gasteiger partial charge in [-0.3, -0.25) is 0 Å². The first kappa shape index (κ1) is 12.7. The predicted molar refractivity (Wildman–Crippen MR) is 70.5 cm³/mol. The van der Waals surface area contributed by atoms with E-state index in [4.69, 9.17) is 9.52 Å². The summed E-state index contributed by atoms with van der Waals surface area (Å²) in [4.78, 5) is 0. The van der Waals surface area contributed by atoms with Crippen LogP contribution in [-0.4, -0.2) is 29.5 Å². The first-order chi connectivity index (χ1) is 8.69. The molecule has 1 heterocycles. The van der Waals surface area contributed by atoms with Crippen LogP contribution in [0.1, 0.15) is 5.76 Å². The van der Waals surface area contributed by atoms with Crippen molar-refractivity contribution in [1.29, 1.82) is 0 Å². The molecule has 1 atom stereocenters. The third kappa shape index (κ3) is 3.12. The Morgan fingerprint density at radius 2 is 2.11 bits per heavy atom. The van der Waals surface area contributed by atoms with Gasteiger partial charge in [0.25, 0.3) is 0 Å². The van der Waals surface area contributed by atoms with Crippen molar-refractivity contribution in [2.45, 2.75) is 13.0 Å². The van der Waals surface area contributed by atoms with Gasteiger partial charge in [-0.2, -0.15) is 0 Å². The molecule has 0 saturated heterocycles. The summed E-state index contributed by atoms with van der Waals surface area (Å²) in [5.74, 6) is 1.69. The highest BCUT2D eigenvalue weighted by Crippen LogP contribution is 2.24. The fraction of sp³-hybridized carbons (Fsp3) is 0.286. The van der Waals surface area contributed by atoms with Gasteiger partial charge in [-0.05, 0) is 31.2 Å². The molecule has 18 heavy (non-hydrogen) atoms. The zero-order chi connectivity index (χ0) is 13.0. The molecule has 2 rings (SSSR count). The number of aliphatic hydroxyl groups excluding tert-OH is 2. The van der Waals surface area contributed by atoms with E-state index in [1.807, 2.05) is 43.3 Å². The van der Waals surface area contributed by atoms with Gasteiger partial charge in [-0.1, -0.05) is 12.1 Å². The number of benzene rings is 1. The van der Waals surface area contributed by atoms with Crippen LogP contribution in [0.15, 0.2) is 40.8 Å². The van der Waals surface area contributed by atoms with Crippen molar-refractivity contribution >= 4 is 5.69 Å². The Kier molecular flexibility index (Phi) is 4.02.